The Bertz CT molecular complexity index is 940. The van der Waals surface area contributed by atoms with Gasteiger partial charge in [0.15, 0.2) is 0 Å². The van der Waals surface area contributed by atoms with Gasteiger partial charge >= 0.3 is 0 Å². The van der Waals surface area contributed by atoms with E-state index in [0.29, 0.717) is 38.2 Å². The van der Waals surface area contributed by atoms with Crippen LogP contribution in [0.25, 0.3) is 0 Å². The van der Waals surface area contributed by atoms with E-state index in [9.17, 15) is 19.7 Å². The lowest BCUT2D eigenvalue weighted by molar-refractivity contribution is -0.384. The number of carbonyl (C=O) groups is 2. The lowest BCUT2D eigenvalue weighted by Crippen LogP contribution is -2.46. The number of hydrogen-bond donors (Lipinski definition) is 2. The highest BCUT2D eigenvalue weighted by molar-refractivity contribution is 6.00. The molecule has 0 radical (unpaired) electrons. The first kappa shape index (κ1) is 22.2. The molecule has 1 aliphatic rings. The lowest BCUT2D eigenvalue weighted by Gasteiger charge is -2.32. The number of nitrogens with zero attached hydrogens (tertiary/aromatic N) is 3. The minimum Gasteiger partial charge on any atom is -0.377 e. The molecule has 3 rings (SSSR count). The lowest BCUT2D eigenvalue weighted by atomic mass is 10.0. The minimum absolute atomic E-state index is 0.0461. The molecule has 0 spiro atoms. The molecule has 31 heavy (non-hydrogen) atoms. The molecule has 0 aromatic heterocycles. The topological polar surface area (TPSA) is 108 Å². The average molecular weight is 425 g/mol. The third-order valence-electron chi connectivity index (χ3n) is 5.26. The summed E-state index contributed by atoms with van der Waals surface area (Å²) in [5.74, 6) is -0.395. The zero-order valence-electron chi connectivity index (χ0n) is 17.7. The molecule has 0 aliphatic carbocycles. The summed E-state index contributed by atoms with van der Waals surface area (Å²) in [4.78, 5) is 39.5. The van der Waals surface area contributed by atoms with E-state index in [1.807, 2.05) is 30.3 Å². The summed E-state index contributed by atoms with van der Waals surface area (Å²) in [6.45, 7) is 1.66. The van der Waals surface area contributed by atoms with Crippen molar-refractivity contribution in [1.82, 2.24) is 10.2 Å². The molecule has 0 saturated carbocycles. The smallest absolute Gasteiger partial charge is 0.270 e. The predicted octanol–water partition coefficient (Wildman–Crippen LogP) is 2.49. The van der Waals surface area contributed by atoms with Crippen LogP contribution in [0.1, 0.15) is 23.2 Å². The number of para-hydroxylation sites is 1. The van der Waals surface area contributed by atoms with Crippen molar-refractivity contribution in [2.24, 2.45) is 0 Å². The van der Waals surface area contributed by atoms with E-state index in [1.165, 1.54) is 12.1 Å². The SMILES string of the molecule is CN(C)c1ccc([N+](=O)[O-])cc1C(=O)NC1CCN(CC(=O)Nc2ccccc2)CC1. The van der Waals surface area contributed by atoms with Gasteiger partial charge in [-0.15, -0.1) is 0 Å². The number of nitrogens with one attached hydrogen (secondary N) is 2. The Morgan fingerprint density at radius 1 is 1.13 bits per heavy atom. The van der Waals surface area contributed by atoms with Crippen molar-refractivity contribution in [3.8, 4) is 0 Å². The Hall–Kier alpha value is -3.46. The first-order valence-corrected chi connectivity index (χ1v) is 10.2. The van der Waals surface area contributed by atoms with Crippen molar-refractivity contribution >= 4 is 28.9 Å². The van der Waals surface area contributed by atoms with E-state index >= 15 is 0 Å². The van der Waals surface area contributed by atoms with Crippen LogP contribution in [0, 0.1) is 10.1 Å². The first-order chi connectivity index (χ1) is 14.8. The van der Waals surface area contributed by atoms with E-state index < -0.39 is 4.92 Å². The molecule has 1 fully saturated rings. The number of piperidine rings is 1. The molecular formula is C22H27N5O4. The molecule has 1 heterocycles. The summed E-state index contributed by atoms with van der Waals surface area (Å²) in [6, 6.07) is 13.6. The van der Waals surface area contributed by atoms with Crippen molar-refractivity contribution in [3.05, 3.63) is 64.2 Å². The zero-order valence-corrected chi connectivity index (χ0v) is 17.7. The summed E-state index contributed by atoms with van der Waals surface area (Å²) in [7, 11) is 3.58. The highest BCUT2D eigenvalue weighted by atomic mass is 16.6. The van der Waals surface area contributed by atoms with Crippen molar-refractivity contribution in [1.29, 1.82) is 0 Å². The second-order valence-electron chi connectivity index (χ2n) is 7.79. The number of anilines is 2. The molecule has 1 saturated heterocycles. The number of hydrogen-bond acceptors (Lipinski definition) is 6. The van der Waals surface area contributed by atoms with Crippen LogP contribution in [-0.4, -0.2) is 61.4 Å². The Morgan fingerprint density at radius 2 is 1.81 bits per heavy atom. The highest BCUT2D eigenvalue weighted by Crippen LogP contribution is 2.24. The van der Waals surface area contributed by atoms with E-state index in [2.05, 4.69) is 15.5 Å². The van der Waals surface area contributed by atoms with Crippen molar-refractivity contribution in [3.63, 3.8) is 0 Å². The van der Waals surface area contributed by atoms with Crippen LogP contribution in [0.3, 0.4) is 0 Å². The van der Waals surface area contributed by atoms with Gasteiger partial charge in [0, 0.05) is 56.7 Å². The zero-order chi connectivity index (χ0) is 22.4. The largest absolute Gasteiger partial charge is 0.377 e. The van der Waals surface area contributed by atoms with Crippen LogP contribution < -0.4 is 15.5 Å². The van der Waals surface area contributed by atoms with Gasteiger partial charge in [0.25, 0.3) is 11.6 Å². The number of carbonyl (C=O) groups excluding carboxylic acids is 2. The van der Waals surface area contributed by atoms with Gasteiger partial charge in [-0.25, -0.2) is 0 Å². The van der Waals surface area contributed by atoms with Gasteiger partial charge in [0.1, 0.15) is 0 Å². The molecule has 2 amide bonds. The maximum Gasteiger partial charge on any atom is 0.270 e. The summed E-state index contributed by atoms with van der Waals surface area (Å²) < 4.78 is 0. The molecule has 9 nitrogen and oxygen atoms in total. The van der Waals surface area contributed by atoms with Crippen LogP contribution in [0.2, 0.25) is 0 Å². The fourth-order valence-corrected chi connectivity index (χ4v) is 3.63. The van der Waals surface area contributed by atoms with Gasteiger partial charge in [-0.1, -0.05) is 18.2 Å². The molecular weight excluding hydrogens is 398 g/mol. The molecule has 9 heteroatoms. The molecule has 0 bridgehead atoms. The van der Waals surface area contributed by atoms with Crippen molar-refractivity contribution < 1.29 is 14.5 Å². The van der Waals surface area contributed by atoms with Gasteiger partial charge in [-0.3, -0.25) is 24.6 Å². The number of benzene rings is 2. The quantitative estimate of drug-likeness (QED) is 0.521. The Labute approximate surface area is 181 Å². The Balaban J connectivity index is 1.54. The summed E-state index contributed by atoms with van der Waals surface area (Å²) in [6.07, 6.45) is 1.41. The molecule has 0 atom stereocenters. The fraction of sp³-hybridized carbons (Fsp3) is 0.364. The first-order valence-electron chi connectivity index (χ1n) is 10.2. The maximum absolute atomic E-state index is 12.8. The number of non-ortho nitro benzene ring substituents is 1. The molecule has 164 valence electrons. The normalized spacial score (nSPS) is 14.6. The monoisotopic (exact) mass is 425 g/mol. The molecule has 2 N–H and O–H groups in total. The van der Waals surface area contributed by atoms with Gasteiger partial charge in [0.2, 0.25) is 5.91 Å². The maximum atomic E-state index is 12.8. The van der Waals surface area contributed by atoms with Gasteiger partial charge < -0.3 is 15.5 Å². The standard InChI is InChI=1S/C22H27N5O4/c1-25(2)20-9-8-18(27(30)31)14-19(20)22(29)24-17-10-12-26(13-11-17)15-21(28)23-16-6-4-3-5-7-16/h3-9,14,17H,10-13,15H2,1-2H3,(H,23,28)(H,24,29). The number of rotatable bonds is 7. The number of nitro benzene ring substituents is 1. The molecule has 2 aromatic carbocycles. The Kier molecular flexibility index (Phi) is 7.19. The highest BCUT2D eigenvalue weighted by Gasteiger charge is 2.24. The second kappa shape index (κ2) is 10.0. The van der Waals surface area contributed by atoms with E-state index in [1.54, 1.807) is 25.1 Å². The number of nitro groups is 1. The van der Waals surface area contributed by atoms with Crippen LogP contribution in [-0.2, 0) is 4.79 Å². The van der Waals surface area contributed by atoms with Crippen LogP contribution >= 0.6 is 0 Å². The predicted molar refractivity (Wildman–Crippen MR) is 119 cm³/mol. The minimum atomic E-state index is -0.505. The van der Waals surface area contributed by atoms with E-state index in [4.69, 9.17) is 0 Å². The summed E-state index contributed by atoms with van der Waals surface area (Å²) >= 11 is 0. The third-order valence-corrected chi connectivity index (χ3v) is 5.26. The van der Waals surface area contributed by atoms with Crippen molar-refractivity contribution in [2.45, 2.75) is 18.9 Å². The fourth-order valence-electron chi connectivity index (χ4n) is 3.63. The molecule has 2 aromatic rings. The third kappa shape index (κ3) is 6.02. The van der Waals surface area contributed by atoms with E-state index in [-0.39, 0.29) is 29.1 Å². The van der Waals surface area contributed by atoms with Gasteiger partial charge in [0.05, 0.1) is 17.0 Å². The molecule has 1 aliphatic heterocycles. The van der Waals surface area contributed by atoms with Crippen molar-refractivity contribution in [2.75, 3.05) is 43.9 Å². The summed E-state index contributed by atoms with van der Waals surface area (Å²) in [5.41, 5.74) is 1.56. The second-order valence-corrected chi connectivity index (χ2v) is 7.79. The number of amides is 2. The van der Waals surface area contributed by atoms with Crippen LogP contribution in [0.5, 0.6) is 0 Å². The summed E-state index contributed by atoms with van der Waals surface area (Å²) in [5, 5.41) is 17.0. The average Bonchev–Trinajstić information content (AvgIpc) is 2.75. The van der Waals surface area contributed by atoms with Crippen LogP contribution in [0.4, 0.5) is 17.1 Å². The van der Waals surface area contributed by atoms with E-state index in [0.717, 1.165) is 5.69 Å². The van der Waals surface area contributed by atoms with Gasteiger partial charge in [-0.2, -0.15) is 0 Å². The van der Waals surface area contributed by atoms with Gasteiger partial charge in [-0.05, 0) is 31.0 Å². The number of likely N-dealkylation sites (tertiary alicyclic amines) is 1. The Morgan fingerprint density at radius 3 is 2.42 bits per heavy atom. The van der Waals surface area contributed by atoms with Crippen LogP contribution in [0.15, 0.2) is 48.5 Å². The molecule has 0 unspecified atom stereocenters.